The van der Waals surface area contributed by atoms with Crippen molar-refractivity contribution >= 4 is 17.1 Å². The number of benzene rings is 1. The second-order valence-corrected chi connectivity index (χ2v) is 3.69. The highest BCUT2D eigenvalue weighted by Gasteiger charge is 2.35. The summed E-state index contributed by atoms with van der Waals surface area (Å²) in [6, 6.07) is 3.67. The number of rotatable bonds is 3. The number of carbonyl (C=O) groups is 1. The zero-order valence-electron chi connectivity index (χ0n) is 8.91. The molecule has 0 saturated heterocycles. The largest absolute Gasteiger partial charge is 0.481 e. The summed E-state index contributed by atoms with van der Waals surface area (Å²) in [5, 5.41) is 8.41. The Bertz CT molecular complexity index is 577. The first-order chi connectivity index (χ1) is 7.88. The van der Waals surface area contributed by atoms with Gasteiger partial charge < -0.3 is 9.52 Å². The zero-order valence-corrected chi connectivity index (χ0v) is 8.91. The summed E-state index contributed by atoms with van der Waals surface area (Å²) in [5.74, 6) is -4.59. The van der Waals surface area contributed by atoms with E-state index in [9.17, 15) is 13.6 Å². The predicted octanol–water partition coefficient (Wildman–Crippen LogP) is 2.70. The number of aryl methyl sites for hydroxylation is 1. The van der Waals surface area contributed by atoms with Gasteiger partial charge in [0.15, 0.2) is 11.5 Å². The van der Waals surface area contributed by atoms with Crippen LogP contribution in [-0.4, -0.2) is 16.1 Å². The average Bonchev–Trinajstić information content (AvgIpc) is 2.54. The lowest BCUT2D eigenvalue weighted by Crippen LogP contribution is -2.18. The molecule has 0 saturated carbocycles. The van der Waals surface area contributed by atoms with Crippen LogP contribution in [-0.2, 0) is 10.7 Å². The van der Waals surface area contributed by atoms with Crippen molar-refractivity contribution in [3.63, 3.8) is 0 Å². The molecule has 90 valence electrons. The van der Waals surface area contributed by atoms with Crippen LogP contribution in [0.4, 0.5) is 8.78 Å². The van der Waals surface area contributed by atoms with Crippen LogP contribution >= 0.6 is 0 Å². The first-order valence-corrected chi connectivity index (χ1v) is 4.86. The quantitative estimate of drug-likeness (QED) is 0.897. The summed E-state index contributed by atoms with van der Waals surface area (Å²) >= 11 is 0. The van der Waals surface area contributed by atoms with Crippen molar-refractivity contribution in [2.24, 2.45) is 0 Å². The molecular formula is C11H9F2NO3. The molecule has 0 aliphatic carbocycles. The Morgan fingerprint density at radius 3 is 2.88 bits per heavy atom. The molecule has 1 aromatic heterocycles. The molecule has 0 aliphatic heterocycles. The summed E-state index contributed by atoms with van der Waals surface area (Å²) in [6.07, 6.45) is -1.24. The molecule has 0 aliphatic rings. The van der Waals surface area contributed by atoms with Crippen molar-refractivity contribution in [3.8, 4) is 0 Å². The van der Waals surface area contributed by atoms with Crippen molar-refractivity contribution in [2.75, 3.05) is 0 Å². The molecule has 0 amide bonds. The summed E-state index contributed by atoms with van der Waals surface area (Å²) in [7, 11) is 0. The minimum Gasteiger partial charge on any atom is -0.481 e. The lowest BCUT2D eigenvalue weighted by atomic mass is 10.1. The Morgan fingerprint density at radius 2 is 2.24 bits per heavy atom. The van der Waals surface area contributed by atoms with Gasteiger partial charge in [0.25, 0.3) is 5.92 Å². The summed E-state index contributed by atoms with van der Waals surface area (Å²) in [4.78, 5) is 14.3. The van der Waals surface area contributed by atoms with E-state index in [0.717, 1.165) is 12.1 Å². The number of halogens is 2. The average molecular weight is 241 g/mol. The third-order valence-electron chi connectivity index (χ3n) is 2.29. The van der Waals surface area contributed by atoms with Crippen LogP contribution in [0.5, 0.6) is 0 Å². The number of carboxylic acids is 1. The minimum absolute atomic E-state index is 0.227. The van der Waals surface area contributed by atoms with Crippen molar-refractivity contribution in [2.45, 2.75) is 19.3 Å². The van der Waals surface area contributed by atoms with E-state index in [1.54, 1.807) is 6.92 Å². The lowest BCUT2D eigenvalue weighted by molar-refractivity contribution is -0.145. The van der Waals surface area contributed by atoms with Gasteiger partial charge in [0.05, 0.1) is 0 Å². The van der Waals surface area contributed by atoms with Gasteiger partial charge in [-0.05, 0) is 12.1 Å². The number of alkyl halides is 2. The molecular weight excluding hydrogens is 232 g/mol. The highest BCUT2D eigenvalue weighted by atomic mass is 19.3. The van der Waals surface area contributed by atoms with Crippen LogP contribution in [0.2, 0.25) is 0 Å². The van der Waals surface area contributed by atoms with Crippen LogP contribution in [0, 0.1) is 6.92 Å². The number of fused-ring (bicyclic) bond motifs is 1. The smallest absolute Gasteiger partial charge is 0.309 e. The number of aromatic nitrogens is 1. The van der Waals surface area contributed by atoms with Gasteiger partial charge in [0.2, 0.25) is 0 Å². The Morgan fingerprint density at radius 1 is 1.53 bits per heavy atom. The molecule has 0 bridgehead atoms. The van der Waals surface area contributed by atoms with Gasteiger partial charge in [0.1, 0.15) is 11.9 Å². The van der Waals surface area contributed by atoms with Gasteiger partial charge in [-0.25, -0.2) is 13.8 Å². The highest BCUT2D eigenvalue weighted by molar-refractivity contribution is 5.74. The van der Waals surface area contributed by atoms with Gasteiger partial charge in [0, 0.05) is 12.5 Å². The SMILES string of the molecule is Cc1nc2ccc(C(F)(F)CC(=O)O)cc2o1. The zero-order chi connectivity index (χ0) is 12.6. The maximum atomic E-state index is 13.5. The normalized spacial score (nSPS) is 11.9. The molecule has 4 nitrogen and oxygen atoms in total. The first kappa shape index (κ1) is 11.5. The molecule has 0 fully saturated rings. The highest BCUT2D eigenvalue weighted by Crippen LogP contribution is 2.33. The minimum atomic E-state index is -3.42. The monoisotopic (exact) mass is 241 g/mol. The van der Waals surface area contributed by atoms with Gasteiger partial charge in [-0.15, -0.1) is 0 Å². The molecule has 1 N–H and O–H groups in total. The van der Waals surface area contributed by atoms with E-state index in [1.165, 1.54) is 6.07 Å². The first-order valence-electron chi connectivity index (χ1n) is 4.86. The number of carboxylic acid groups (broad SMARTS) is 1. The summed E-state index contributed by atoms with van der Waals surface area (Å²) < 4.78 is 32.1. The molecule has 0 atom stereocenters. The fraction of sp³-hybridized carbons (Fsp3) is 0.273. The Labute approximate surface area is 94.9 Å². The molecule has 1 heterocycles. The molecule has 2 rings (SSSR count). The predicted molar refractivity (Wildman–Crippen MR) is 54.9 cm³/mol. The molecule has 0 spiro atoms. The Kier molecular flexibility index (Phi) is 2.57. The van der Waals surface area contributed by atoms with E-state index in [4.69, 9.17) is 9.52 Å². The van der Waals surface area contributed by atoms with Crippen molar-refractivity contribution in [1.29, 1.82) is 0 Å². The topological polar surface area (TPSA) is 63.3 Å². The van der Waals surface area contributed by atoms with E-state index < -0.39 is 18.3 Å². The summed E-state index contributed by atoms with van der Waals surface area (Å²) in [6.45, 7) is 1.61. The third kappa shape index (κ3) is 2.25. The Balaban J connectivity index is 2.44. The number of hydrogen-bond donors (Lipinski definition) is 1. The molecule has 6 heteroatoms. The van der Waals surface area contributed by atoms with Crippen molar-refractivity contribution < 1.29 is 23.1 Å². The molecule has 2 aromatic rings. The number of aliphatic carboxylic acids is 1. The van der Waals surface area contributed by atoms with Gasteiger partial charge >= 0.3 is 5.97 Å². The molecule has 0 unspecified atom stereocenters. The van der Waals surface area contributed by atoms with Gasteiger partial charge in [-0.1, -0.05) is 6.07 Å². The standard InChI is InChI=1S/C11H9F2NO3/c1-6-14-8-3-2-7(4-9(8)17-6)11(12,13)5-10(15)16/h2-4H,5H2,1H3,(H,15,16). The fourth-order valence-electron chi connectivity index (χ4n) is 1.56. The maximum absolute atomic E-state index is 13.5. The molecule has 17 heavy (non-hydrogen) atoms. The van der Waals surface area contributed by atoms with Gasteiger partial charge in [-0.2, -0.15) is 0 Å². The second-order valence-electron chi connectivity index (χ2n) is 3.69. The van der Waals surface area contributed by atoms with Crippen LogP contribution in [0.3, 0.4) is 0 Å². The van der Waals surface area contributed by atoms with Crippen LogP contribution in [0.15, 0.2) is 22.6 Å². The Hall–Kier alpha value is -1.98. The molecule has 0 radical (unpaired) electrons. The van der Waals surface area contributed by atoms with E-state index in [0.29, 0.717) is 11.4 Å². The lowest BCUT2D eigenvalue weighted by Gasteiger charge is -2.13. The maximum Gasteiger partial charge on any atom is 0.309 e. The van der Waals surface area contributed by atoms with Crippen molar-refractivity contribution in [3.05, 3.63) is 29.7 Å². The fourth-order valence-corrected chi connectivity index (χ4v) is 1.56. The number of oxazole rings is 1. The van der Waals surface area contributed by atoms with E-state index in [-0.39, 0.29) is 11.1 Å². The number of hydrogen-bond acceptors (Lipinski definition) is 3. The third-order valence-corrected chi connectivity index (χ3v) is 2.29. The van der Waals surface area contributed by atoms with Crippen LogP contribution < -0.4 is 0 Å². The second kappa shape index (κ2) is 3.80. The van der Waals surface area contributed by atoms with Crippen LogP contribution in [0.25, 0.3) is 11.1 Å². The van der Waals surface area contributed by atoms with Crippen LogP contribution in [0.1, 0.15) is 17.9 Å². The van der Waals surface area contributed by atoms with Crippen molar-refractivity contribution in [1.82, 2.24) is 4.98 Å². The van der Waals surface area contributed by atoms with E-state index >= 15 is 0 Å². The van der Waals surface area contributed by atoms with Gasteiger partial charge in [-0.3, -0.25) is 4.79 Å². The molecule has 1 aromatic carbocycles. The van der Waals surface area contributed by atoms with E-state index in [1.807, 2.05) is 0 Å². The summed E-state index contributed by atoms with van der Waals surface area (Å²) in [5.41, 5.74) is 0.311. The van der Waals surface area contributed by atoms with E-state index in [2.05, 4.69) is 4.98 Å². The number of nitrogens with zero attached hydrogens (tertiary/aromatic N) is 1.